The zero-order chi connectivity index (χ0) is 15.5. The molecule has 21 heavy (non-hydrogen) atoms. The standard InChI is InChI=1S/C17H24O4/c1-17(2,20)14-7-4-3-6-12(14)11-21-16-9-5-8-15(19)13(16)10-18/h5,8-10,12,14,19-20H,3-4,6-7,11H2,1-2H3/t12-,14+/m0/s1. The molecule has 2 N–H and O–H groups in total. The summed E-state index contributed by atoms with van der Waals surface area (Å²) in [5.41, 5.74) is -0.533. The molecule has 0 spiro atoms. The number of carbonyl (C=O) groups is 1. The lowest BCUT2D eigenvalue weighted by Gasteiger charge is -2.39. The normalized spacial score (nSPS) is 22.8. The van der Waals surface area contributed by atoms with Crippen molar-refractivity contribution in [1.29, 1.82) is 0 Å². The third kappa shape index (κ3) is 3.76. The van der Waals surface area contributed by atoms with Crippen molar-refractivity contribution in [3.63, 3.8) is 0 Å². The average molecular weight is 292 g/mol. The Kier molecular flexibility index (Phi) is 4.88. The molecule has 0 heterocycles. The first-order chi connectivity index (χ1) is 9.93. The van der Waals surface area contributed by atoms with Crippen LogP contribution in [-0.2, 0) is 0 Å². The molecule has 0 saturated heterocycles. The summed E-state index contributed by atoms with van der Waals surface area (Å²) in [6.45, 7) is 4.15. The molecule has 1 aliphatic carbocycles. The number of ether oxygens (including phenoxy) is 1. The van der Waals surface area contributed by atoms with Crippen molar-refractivity contribution in [3.05, 3.63) is 23.8 Å². The molecule has 0 unspecified atom stereocenters. The monoisotopic (exact) mass is 292 g/mol. The molecule has 4 heteroatoms. The molecule has 116 valence electrons. The van der Waals surface area contributed by atoms with Gasteiger partial charge in [-0.25, -0.2) is 0 Å². The van der Waals surface area contributed by atoms with Crippen LogP contribution in [0.5, 0.6) is 11.5 Å². The van der Waals surface area contributed by atoms with Crippen LogP contribution in [0.1, 0.15) is 49.9 Å². The zero-order valence-electron chi connectivity index (χ0n) is 12.7. The van der Waals surface area contributed by atoms with Gasteiger partial charge in [-0.15, -0.1) is 0 Å². The number of carbonyl (C=O) groups excluding carboxylic acids is 1. The summed E-state index contributed by atoms with van der Waals surface area (Å²) in [7, 11) is 0. The van der Waals surface area contributed by atoms with Gasteiger partial charge >= 0.3 is 0 Å². The molecule has 0 radical (unpaired) electrons. The van der Waals surface area contributed by atoms with E-state index in [-0.39, 0.29) is 23.1 Å². The Labute approximate surface area is 125 Å². The molecule has 0 bridgehead atoms. The van der Waals surface area contributed by atoms with Crippen LogP contribution in [0.4, 0.5) is 0 Å². The molecule has 1 aromatic carbocycles. The predicted molar refractivity (Wildman–Crippen MR) is 80.7 cm³/mol. The lowest BCUT2D eigenvalue weighted by molar-refractivity contribution is -0.0378. The average Bonchev–Trinajstić information content (AvgIpc) is 2.44. The summed E-state index contributed by atoms with van der Waals surface area (Å²) in [6.07, 6.45) is 4.90. The number of phenols is 1. The van der Waals surface area contributed by atoms with Crippen LogP contribution in [0.3, 0.4) is 0 Å². The fourth-order valence-electron chi connectivity index (χ4n) is 3.31. The number of hydrogen-bond donors (Lipinski definition) is 2. The minimum Gasteiger partial charge on any atom is -0.507 e. The fourth-order valence-corrected chi connectivity index (χ4v) is 3.31. The second kappa shape index (κ2) is 6.48. The van der Waals surface area contributed by atoms with Gasteiger partial charge in [0.15, 0.2) is 6.29 Å². The first-order valence-corrected chi connectivity index (χ1v) is 7.56. The topological polar surface area (TPSA) is 66.8 Å². The zero-order valence-corrected chi connectivity index (χ0v) is 12.7. The molecule has 1 saturated carbocycles. The van der Waals surface area contributed by atoms with Crippen LogP contribution in [-0.4, -0.2) is 28.7 Å². The van der Waals surface area contributed by atoms with E-state index in [4.69, 9.17) is 4.74 Å². The van der Waals surface area contributed by atoms with E-state index < -0.39 is 5.60 Å². The van der Waals surface area contributed by atoms with E-state index in [1.54, 1.807) is 12.1 Å². The lowest BCUT2D eigenvalue weighted by Crippen LogP contribution is -2.40. The number of benzene rings is 1. The Balaban J connectivity index is 2.08. The second-order valence-corrected chi connectivity index (χ2v) is 6.42. The maximum atomic E-state index is 11.0. The van der Waals surface area contributed by atoms with Gasteiger partial charge in [-0.3, -0.25) is 4.79 Å². The largest absolute Gasteiger partial charge is 0.507 e. The number of aldehydes is 1. The predicted octanol–water partition coefficient (Wildman–Crippen LogP) is 3.16. The van der Waals surface area contributed by atoms with Crippen molar-refractivity contribution in [2.75, 3.05) is 6.61 Å². The van der Waals surface area contributed by atoms with E-state index in [2.05, 4.69) is 0 Å². The van der Waals surface area contributed by atoms with Crippen molar-refractivity contribution in [1.82, 2.24) is 0 Å². The number of phenolic OH excluding ortho intramolecular Hbond substituents is 1. The van der Waals surface area contributed by atoms with Gasteiger partial charge in [0.05, 0.1) is 17.8 Å². The fraction of sp³-hybridized carbons (Fsp3) is 0.588. The number of aliphatic hydroxyl groups is 1. The highest BCUT2D eigenvalue weighted by Gasteiger charge is 2.36. The molecular weight excluding hydrogens is 268 g/mol. The van der Waals surface area contributed by atoms with E-state index in [9.17, 15) is 15.0 Å². The van der Waals surface area contributed by atoms with Crippen molar-refractivity contribution < 1.29 is 19.7 Å². The Morgan fingerprint density at radius 3 is 2.71 bits per heavy atom. The quantitative estimate of drug-likeness (QED) is 0.818. The molecule has 1 aromatic rings. The molecule has 0 aromatic heterocycles. The van der Waals surface area contributed by atoms with Gasteiger partial charge < -0.3 is 14.9 Å². The molecule has 0 amide bonds. The third-order valence-electron chi connectivity index (χ3n) is 4.43. The SMILES string of the molecule is CC(C)(O)[C@@H]1CCCC[C@H]1COc1cccc(O)c1C=O. The van der Waals surface area contributed by atoms with Gasteiger partial charge in [0.2, 0.25) is 0 Å². The van der Waals surface area contributed by atoms with Crippen molar-refractivity contribution in [2.24, 2.45) is 11.8 Å². The summed E-state index contributed by atoms with van der Waals surface area (Å²) in [5.74, 6) is 0.805. The molecule has 2 rings (SSSR count). The van der Waals surface area contributed by atoms with E-state index in [1.807, 2.05) is 13.8 Å². The summed E-state index contributed by atoms with van der Waals surface area (Å²) >= 11 is 0. The highest BCUT2D eigenvalue weighted by molar-refractivity contribution is 5.83. The molecule has 1 fully saturated rings. The van der Waals surface area contributed by atoms with Crippen molar-refractivity contribution in [2.45, 2.75) is 45.1 Å². The van der Waals surface area contributed by atoms with Crippen LogP contribution in [0, 0.1) is 11.8 Å². The summed E-state index contributed by atoms with van der Waals surface area (Å²) in [4.78, 5) is 11.0. The highest BCUT2D eigenvalue weighted by Crippen LogP contribution is 2.38. The molecule has 2 atom stereocenters. The summed E-state index contributed by atoms with van der Waals surface area (Å²) in [5, 5.41) is 20.0. The number of hydrogen-bond acceptors (Lipinski definition) is 4. The number of rotatable bonds is 5. The first kappa shape index (κ1) is 15.8. The van der Waals surface area contributed by atoms with Crippen molar-refractivity contribution in [3.8, 4) is 11.5 Å². The van der Waals surface area contributed by atoms with Crippen LogP contribution in [0.15, 0.2) is 18.2 Å². The molecule has 0 aliphatic heterocycles. The number of aromatic hydroxyl groups is 1. The van der Waals surface area contributed by atoms with Crippen molar-refractivity contribution >= 4 is 6.29 Å². The van der Waals surface area contributed by atoms with Crippen LogP contribution >= 0.6 is 0 Å². The summed E-state index contributed by atoms with van der Waals surface area (Å²) < 4.78 is 5.77. The summed E-state index contributed by atoms with van der Waals surface area (Å²) in [6, 6.07) is 4.81. The first-order valence-electron chi connectivity index (χ1n) is 7.56. The third-order valence-corrected chi connectivity index (χ3v) is 4.43. The van der Waals surface area contributed by atoms with E-state index >= 15 is 0 Å². The maximum absolute atomic E-state index is 11.0. The minimum atomic E-state index is -0.721. The van der Waals surface area contributed by atoms with Gasteiger partial charge in [0.25, 0.3) is 0 Å². The Morgan fingerprint density at radius 1 is 1.33 bits per heavy atom. The van der Waals surface area contributed by atoms with E-state index in [0.717, 1.165) is 25.7 Å². The van der Waals surface area contributed by atoms with Gasteiger partial charge in [0.1, 0.15) is 11.5 Å². The Bertz CT molecular complexity index is 490. The van der Waals surface area contributed by atoms with Gasteiger partial charge in [-0.1, -0.05) is 18.9 Å². The van der Waals surface area contributed by atoms with E-state index in [0.29, 0.717) is 18.6 Å². The smallest absolute Gasteiger partial charge is 0.157 e. The molecular formula is C17H24O4. The highest BCUT2D eigenvalue weighted by atomic mass is 16.5. The van der Waals surface area contributed by atoms with Crippen LogP contribution in [0.2, 0.25) is 0 Å². The lowest BCUT2D eigenvalue weighted by atomic mass is 9.72. The maximum Gasteiger partial charge on any atom is 0.157 e. The van der Waals surface area contributed by atoms with Gasteiger partial charge in [-0.2, -0.15) is 0 Å². The Hall–Kier alpha value is -1.55. The minimum absolute atomic E-state index is 0.0646. The molecule has 1 aliphatic rings. The van der Waals surface area contributed by atoms with Gasteiger partial charge in [0, 0.05) is 0 Å². The van der Waals surface area contributed by atoms with E-state index in [1.165, 1.54) is 6.07 Å². The second-order valence-electron chi connectivity index (χ2n) is 6.42. The van der Waals surface area contributed by atoms with Crippen LogP contribution < -0.4 is 4.74 Å². The molecule has 4 nitrogen and oxygen atoms in total. The Morgan fingerprint density at radius 2 is 2.05 bits per heavy atom. The van der Waals surface area contributed by atoms with Crippen LogP contribution in [0.25, 0.3) is 0 Å². The van der Waals surface area contributed by atoms with Gasteiger partial charge in [-0.05, 0) is 50.7 Å².